The Balaban J connectivity index is 1.92. The Morgan fingerprint density at radius 3 is 2.22 bits per heavy atom. The van der Waals surface area contributed by atoms with E-state index in [2.05, 4.69) is 11.9 Å². The van der Waals surface area contributed by atoms with Gasteiger partial charge in [0, 0.05) is 13.1 Å². The van der Waals surface area contributed by atoms with Crippen molar-refractivity contribution in [2.45, 2.75) is 12.6 Å². The zero-order valence-corrected chi connectivity index (χ0v) is 17.6. The maximum Gasteiger partial charge on any atom is 0.261 e. The topological polar surface area (TPSA) is 58.6 Å². The third kappa shape index (κ3) is 6.28. The summed E-state index contributed by atoms with van der Waals surface area (Å²) in [6.07, 6.45) is 1.57. The second-order valence-corrected chi connectivity index (χ2v) is 7.10. The van der Waals surface area contributed by atoms with E-state index in [1.54, 1.807) is 42.5 Å². The first kappa shape index (κ1) is 22.7. The molecule has 2 amide bonds. The van der Waals surface area contributed by atoms with Gasteiger partial charge in [-0.3, -0.25) is 9.59 Å². The Morgan fingerprint density at radius 2 is 1.59 bits per heavy atom. The number of carbonyl (C=O) groups excluding carboxylic acids is 2. The van der Waals surface area contributed by atoms with Crippen molar-refractivity contribution in [3.63, 3.8) is 0 Å². The molecule has 32 heavy (non-hydrogen) atoms. The van der Waals surface area contributed by atoms with Gasteiger partial charge in [0.2, 0.25) is 5.91 Å². The van der Waals surface area contributed by atoms with Crippen LogP contribution in [-0.2, 0) is 16.1 Å². The fourth-order valence-corrected chi connectivity index (χ4v) is 3.23. The molecule has 0 heterocycles. The van der Waals surface area contributed by atoms with E-state index < -0.39 is 6.04 Å². The number of rotatable bonds is 10. The van der Waals surface area contributed by atoms with Crippen molar-refractivity contribution in [1.29, 1.82) is 0 Å². The lowest BCUT2D eigenvalue weighted by molar-refractivity contribution is -0.143. The zero-order valence-electron chi connectivity index (χ0n) is 17.6. The summed E-state index contributed by atoms with van der Waals surface area (Å²) >= 11 is 0. The molecule has 3 rings (SSSR count). The van der Waals surface area contributed by atoms with Crippen molar-refractivity contribution < 1.29 is 18.7 Å². The highest BCUT2D eigenvalue weighted by Gasteiger charge is 2.31. The van der Waals surface area contributed by atoms with Crippen molar-refractivity contribution in [2.75, 3.05) is 13.2 Å². The predicted molar refractivity (Wildman–Crippen MR) is 121 cm³/mol. The van der Waals surface area contributed by atoms with Crippen molar-refractivity contribution in [2.24, 2.45) is 0 Å². The van der Waals surface area contributed by atoms with Crippen LogP contribution in [0, 0.1) is 5.82 Å². The largest absolute Gasteiger partial charge is 0.484 e. The Morgan fingerprint density at radius 1 is 0.969 bits per heavy atom. The Bertz CT molecular complexity index is 1020. The Kier molecular flexibility index (Phi) is 8.15. The number of hydrogen-bond donors (Lipinski definition) is 1. The van der Waals surface area contributed by atoms with Crippen LogP contribution in [0.1, 0.15) is 17.2 Å². The molecule has 0 fully saturated rings. The number of para-hydroxylation sites is 1. The Hall–Kier alpha value is -3.93. The van der Waals surface area contributed by atoms with Crippen LogP contribution in [0.5, 0.6) is 5.75 Å². The summed E-state index contributed by atoms with van der Waals surface area (Å²) in [5.41, 5.74) is 1.35. The molecule has 6 heteroatoms. The van der Waals surface area contributed by atoms with Gasteiger partial charge in [0.15, 0.2) is 6.61 Å². The molecule has 3 aromatic carbocycles. The maximum atomic E-state index is 13.4. The normalized spacial score (nSPS) is 11.3. The van der Waals surface area contributed by atoms with Gasteiger partial charge in [0.1, 0.15) is 17.6 Å². The lowest BCUT2D eigenvalue weighted by Gasteiger charge is -2.31. The van der Waals surface area contributed by atoms with Crippen LogP contribution in [0.15, 0.2) is 97.6 Å². The van der Waals surface area contributed by atoms with Gasteiger partial charge in [-0.05, 0) is 35.4 Å². The van der Waals surface area contributed by atoms with Crippen molar-refractivity contribution in [3.05, 3.63) is 115 Å². The average molecular weight is 432 g/mol. The molecule has 1 N–H and O–H groups in total. The summed E-state index contributed by atoms with van der Waals surface area (Å²) < 4.78 is 19.1. The minimum Gasteiger partial charge on any atom is -0.484 e. The van der Waals surface area contributed by atoms with Crippen molar-refractivity contribution >= 4 is 11.8 Å². The molecule has 0 spiro atoms. The van der Waals surface area contributed by atoms with Crippen LogP contribution in [-0.4, -0.2) is 29.9 Å². The summed E-state index contributed by atoms with van der Waals surface area (Å²) in [6, 6.07) is 23.0. The van der Waals surface area contributed by atoms with Gasteiger partial charge in [-0.1, -0.05) is 66.7 Å². The lowest BCUT2D eigenvalue weighted by atomic mass is 10.0. The first-order valence-electron chi connectivity index (χ1n) is 10.2. The molecule has 0 saturated carbocycles. The summed E-state index contributed by atoms with van der Waals surface area (Å²) in [5, 5.41) is 2.78. The Labute approximate surface area is 187 Å². The standard InChI is InChI=1S/C26H25FN2O3/c1-2-17-28-26(31)25(21-9-5-3-6-10-21)29(18-20-13-15-22(27)16-14-20)24(30)19-32-23-11-7-4-8-12-23/h2-16,25H,1,17-19H2,(H,28,31)/t25-/m1/s1. The highest BCUT2D eigenvalue weighted by atomic mass is 19.1. The molecule has 0 aliphatic carbocycles. The second kappa shape index (κ2) is 11.5. The van der Waals surface area contributed by atoms with Gasteiger partial charge < -0.3 is 15.0 Å². The van der Waals surface area contributed by atoms with E-state index in [1.807, 2.05) is 36.4 Å². The third-order valence-corrected chi connectivity index (χ3v) is 4.79. The van der Waals surface area contributed by atoms with E-state index >= 15 is 0 Å². The van der Waals surface area contributed by atoms with E-state index in [-0.39, 0.29) is 37.3 Å². The fourth-order valence-electron chi connectivity index (χ4n) is 3.23. The summed E-state index contributed by atoms with van der Waals surface area (Å²) in [5.74, 6) is -0.538. The predicted octanol–water partition coefficient (Wildman–Crippen LogP) is 4.28. The van der Waals surface area contributed by atoms with E-state index in [4.69, 9.17) is 4.74 Å². The van der Waals surface area contributed by atoms with Crippen LogP contribution >= 0.6 is 0 Å². The third-order valence-electron chi connectivity index (χ3n) is 4.79. The quantitative estimate of drug-likeness (QED) is 0.487. The van der Waals surface area contributed by atoms with E-state index in [0.29, 0.717) is 16.9 Å². The van der Waals surface area contributed by atoms with Crippen LogP contribution in [0.4, 0.5) is 4.39 Å². The number of amides is 2. The highest BCUT2D eigenvalue weighted by Crippen LogP contribution is 2.24. The minimum atomic E-state index is -0.895. The molecule has 0 radical (unpaired) electrons. The first-order valence-corrected chi connectivity index (χ1v) is 10.2. The molecule has 1 atom stereocenters. The van der Waals surface area contributed by atoms with Gasteiger partial charge in [0.25, 0.3) is 5.91 Å². The van der Waals surface area contributed by atoms with Crippen LogP contribution in [0.3, 0.4) is 0 Å². The molecule has 164 valence electrons. The van der Waals surface area contributed by atoms with Crippen LogP contribution in [0.2, 0.25) is 0 Å². The van der Waals surface area contributed by atoms with Gasteiger partial charge in [-0.15, -0.1) is 6.58 Å². The number of nitrogens with one attached hydrogen (secondary N) is 1. The van der Waals surface area contributed by atoms with Gasteiger partial charge in [0.05, 0.1) is 0 Å². The average Bonchev–Trinajstić information content (AvgIpc) is 2.83. The van der Waals surface area contributed by atoms with Crippen molar-refractivity contribution in [3.8, 4) is 5.75 Å². The number of ether oxygens (including phenoxy) is 1. The summed E-state index contributed by atoms with van der Waals surface area (Å²) in [6.45, 7) is 3.76. The number of halogens is 1. The molecule has 0 aliphatic rings. The highest BCUT2D eigenvalue weighted by molar-refractivity contribution is 5.89. The van der Waals surface area contributed by atoms with E-state index in [0.717, 1.165) is 0 Å². The molecule has 0 saturated heterocycles. The number of nitrogens with zero attached hydrogens (tertiary/aromatic N) is 1. The molecule has 5 nitrogen and oxygen atoms in total. The number of hydrogen-bond acceptors (Lipinski definition) is 3. The SMILES string of the molecule is C=CCNC(=O)[C@@H](c1ccccc1)N(Cc1ccc(F)cc1)C(=O)COc1ccccc1. The number of carbonyl (C=O) groups is 2. The van der Waals surface area contributed by atoms with Gasteiger partial charge in [-0.2, -0.15) is 0 Å². The molecular formula is C26H25FN2O3. The summed E-state index contributed by atoms with van der Waals surface area (Å²) in [4.78, 5) is 27.9. The molecular weight excluding hydrogens is 407 g/mol. The molecule has 0 bridgehead atoms. The smallest absolute Gasteiger partial charge is 0.261 e. The fraction of sp³-hybridized carbons (Fsp3) is 0.154. The molecule has 3 aromatic rings. The molecule has 0 aliphatic heterocycles. The van der Waals surface area contributed by atoms with Gasteiger partial charge >= 0.3 is 0 Å². The maximum absolute atomic E-state index is 13.4. The minimum absolute atomic E-state index is 0.109. The summed E-state index contributed by atoms with van der Waals surface area (Å²) in [7, 11) is 0. The van der Waals surface area contributed by atoms with Crippen LogP contribution < -0.4 is 10.1 Å². The number of benzene rings is 3. The lowest BCUT2D eigenvalue weighted by Crippen LogP contribution is -2.45. The van der Waals surface area contributed by atoms with Gasteiger partial charge in [-0.25, -0.2) is 4.39 Å². The monoisotopic (exact) mass is 432 g/mol. The second-order valence-electron chi connectivity index (χ2n) is 7.10. The molecule has 0 aromatic heterocycles. The van der Waals surface area contributed by atoms with Crippen LogP contribution in [0.25, 0.3) is 0 Å². The van der Waals surface area contributed by atoms with Crippen molar-refractivity contribution in [1.82, 2.24) is 10.2 Å². The zero-order chi connectivity index (χ0) is 22.8. The molecule has 0 unspecified atom stereocenters. The van der Waals surface area contributed by atoms with E-state index in [1.165, 1.54) is 17.0 Å². The van der Waals surface area contributed by atoms with E-state index in [9.17, 15) is 14.0 Å². The first-order chi connectivity index (χ1) is 15.6.